The first kappa shape index (κ1) is 27.0. The predicted octanol–water partition coefficient (Wildman–Crippen LogP) is 0.515. The molecule has 0 aliphatic heterocycles. The molecule has 0 saturated heterocycles. The van der Waals surface area contributed by atoms with Crippen LogP contribution in [-0.4, -0.2) is 60.9 Å². The molecule has 0 heterocycles. The molecule has 3 amide bonds. The minimum absolute atomic E-state index is 0.198. The Morgan fingerprint density at radius 1 is 0.912 bits per heavy atom. The van der Waals surface area contributed by atoms with E-state index in [0.29, 0.717) is 31.6 Å². The molecular formula is C25H36N6O3. The summed E-state index contributed by atoms with van der Waals surface area (Å²) in [5, 5.41) is 5.58. The molecular weight excluding hydrogens is 432 g/mol. The lowest BCUT2D eigenvalue weighted by molar-refractivity contribution is -0.134. The monoisotopic (exact) mass is 468 g/mol. The summed E-state index contributed by atoms with van der Waals surface area (Å²) >= 11 is 0. The number of benzene rings is 2. The average molecular weight is 469 g/mol. The fourth-order valence-electron chi connectivity index (χ4n) is 3.45. The van der Waals surface area contributed by atoms with Gasteiger partial charge in [0.15, 0.2) is 0 Å². The van der Waals surface area contributed by atoms with Crippen molar-refractivity contribution in [3.05, 3.63) is 65.7 Å². The molecule has 0 spiro atoms. The number of carbonyl (C=O) groups is 3. The Labute approximate surface area is 201 Å². The summed E-state index contributed by atoms with van der Waals surface area (Å²) in [7, 11) is 0. The Morgan fingerprint density at radius 2 is 1.53 bits per heavy atom. The van der Waals surface area contributed by atoms with Crippen LogP contribution in [0.5, 0.6) is 0 Å². The van der Waals surface area contributed by atoms with Crippen molar-refractivity contribution in [2.45, 2.75) is 38.3 Å². The standard InChI is InChI=1S/C25H36N6O3/c1-18-7-10-20(11-8-18)29-25(34)22(12-9-19-5-3-2-4-6-19)30-24(33)21(28)17-23(32)31(15-13-26)16-14-27/h2-8,10-11,21-22H,9,12-17,26-28H2,1H3,(H,29,34)(H,30,33)/t21-,22-/m0/s1. The number of aryl methyl sites for hydroxylation is 2. The van der Waals surface area contributed by atoms with E-state index in [4.69, 9.17) is 17.2 Å². The van der Waals surface area contributed by atoms with Gasteiger partial charge in [0.25, 0.3) is 0 Å². The number of nitrogens with two attached hydrogens (primary N) is 3. The third-order valence-electron chi connectivity index (χ3n) is 5.40. The van der Waals surface area contributed by atoms with Crippen LogP contribution in [0.2, 0.25) is 0 Å². The SMILES string of the molecule is Cc1ccc(NC(=O)[C@H](CCc2ccccc2)NC(=O)[C@@H](N)CC(=O)N(CCN)CCN)cc1. The Morgan fingerprint density at radius 3 is 2.12 bits per heavy atom. The van der Waals surface area contributed by atoms with E-state index in [9.17, 15) is 14.4 Å². The number of anilines is 1. The molecule has 0 saturated carbocycles. The van der Waals surface area contributed by atoms with Gasteiger partial charge in [0, 0.05) is 31.9 Å². The number of nitrogens with one attached hydrogen (secondary N) is 2. The van der Waals surface area contributed by atoms with Crippen molar-refractivity contribution in [2.75, 3.05) is 31.5 Å². The van der Waals surface area contributed by atoms with Crippen molar-refractivity contribution >= 4 is 23.4 Å². The molecule has 2 rings (SSSR count). The second-order valence-corrected chi connectivity index (χ2v) is 8.21. The Balaban J connectivity index is 2.05. The molecule has 2 aromatic rings. The number of carbonyl (C=O) groups excluding carboxylic acids is 3. The van der Waals surface area contributed by atoms with Gasteiger partial charge < -0.3 is 32.7 Å². The Hall–Kier alpha value is -3.27. The van der Waals surface area contributed by atoms with E-state index in [1.54, 1.807) is 12.1 Å². The van der Waals surface area contributed by atoms with E-state index in [2.05, 4.69) is 10.6 Å². The van der Waals surface area contributed by atoms with Crippen molar-refractivity contribution in [3.8, 4) is 0 Å². The maximum atomic E-state index is 13.0. The maximum absolute atomic E-state index is 13.0. The highest BCUT2D eigenvalue weighted by Gasteiger charge is 2.26. The van der Waals surface area contributed by atoms with Gasteiger partial charge >= 0.3 is 0 Å². The van der Waals surface area contributed by atoms with Crippen LogP contribution in [-0.2, 0) is 20.8 Å². The maximum Gasteiger partial charge on any atom is 0.246 e. The molecule has 0 aromatic heterocycles. The molecule has 9 heteroatoms. The van der Waals surface area contributed by atoms with E-state index in [-0.39, 0.29) is 31.3 Å². The first-order chi connectivity index (χ1) is 16.3. The molecule has 0 aliphatic rings. The highest BCUT2D eigenvalue weighted by atomic mass is 16.2. The molecule has 2 atom stereocenters. The second kappa shape index (κ2) is 14.1. The normalized spacial score (nSPS) is 12.5. The summed E-state index contributed by atoms with van der Waals surface area (Å²) in [5.74, 6) is -1.21. The average Bonchev–Trinajstić information content (AvgIpc) is 2.83. The van der Waals surface area contributed by atoms with Crippen molar-refractivity contribution in [1.82, 2.24) is 10.2 Å². The number of amides is 3. The smallest absolute Gasteiger partial charge is 0.246 e. The summed E-state index contributed by atoms with van der Waals surface area (Å²) in [5.41, 5.74) is 19.9. The zero-order chi connectivity index (χ0) is 24.9. The predicted molar refractivity (Wildman–Crippen MR) is 134 cm³/mol. The first-order valence-corrected chi connectivity index (χ1v) is 11.5. The lowest BCUT2D eigenvalue weighted by Crippen LogP contribution is -2.52. The van der Waals surface area contributed by atoms with E-state index in [1.807, 2.05) is 49.4 Å². The molecule has 0 aliphatic carbocycles. The lowest BCUT2D eigenvalue weighted by atomic mass is 10.0. The minimum atomic E-state index is -1.10. The van der Waals surface area contributed by atoms with Crippen LogP contribution in [0.25, 0.3) is 0 Å². The van der Waals surface area contributed by atoms with Gasteiger partial charge in [0.1, 0.15) is 6.04 Å². The molecule has 8 N–H and O–H groups in total. The zero-order valence-electron chi connectivity index (χ0n) is 19.7. The van der Waals surface area contributed by atoms with Crippen LogP contribution < -0.4 is 27.8 Å². The van der Waals surface area contributed by atoms with Gasteiger partial charge in [0.05, 0.1) is 12.5 Å². The van der Waals surface area contributed by atoms with Crippen molar-refractivity contribution in [1.29, 1.82) is 0 Å². The Kier molecular flexibility index (Phi) is 11.2. The number of hydrogen-bond donors (Lipinski definition) is 5. The van der Waals surface area contributed by atoms with Gasteiger partial charge in [-0.25, -0.2) is 0 Å². The van der Waals surface area contributed by atoms with Gasteiger partial charge in [-0.05, 0) is 37.5 Å². The highest BCUT2D eigenvalue weighted by Crippen LogP contribution is 2.12. The van der Waals surface area contributed by atoms with Gasteiger partial charge in [-0.1, -0.05) is 48.0 Å². The third kappa shape index (κ3) is 8.93. The van der Waals surface area contributed by atoms with Gasteiger partial charge in [0.2, 0.25) is 17.7 Å². The number of hydrogen-bond acceptors (Lipinski definition) is 6. The van der Waals surface area contributed by atoms with Crippen molar-refractivity contribution < 1.29 is 14.4 Å². The highest BCUT2D eigenvalue weighted by molar-refractivity contribution is 5.98. The van der Waals surface area contributed by atoms with Gasteiger partial charge in [-0.3, -0.25) is 14.4 Å². The fraction of sp³-hybridized carbons (Fsp3) is 0.400. The van der Waals surface area contributed by atoms with Crippen LogP contribution in [0.3, 0.4) is 0 Å². The Bertz CT molecular complexity index is 914. The summed E-state index contributed by atoms with van der Waals surface area (Å²) in [6, 6.07) is 15.2. The molecule has 0 fully saturated rings. The van der Waals surface area contributed by atoms with Crippen LogP contribution in [0.15, 0.2) is 54.6 Å². The molecule has 184 valence electrons. The number of rotatable bonds is 13. The fourth-order valence-corrected chi connectivity index (χ4v) is 3.45. The molecule has 0 unspecified atom stereocenters. The molecule has 2 aromatic carbocycles. The summed E-state index contributed by atoms with van der Waals surface area (Å²) in [4.78, 5) is 39.8. The van der Waals surface area contributed by atoms with Crippen molar-refractivity contribution in [3.63, 3.8) is 0 Å². The quantitative estimate of drug-likeness (QED) is 0.288. The van der Waals surface area contributed by atoms with Gasteiger partial charge in [-0.2, -0.15) is 0 Å². The van der Waals surface area contributed by atoms with E-state index in [1.165, 1.54) is 4.90 Å². The first-order valence-electron chi connectivity index (χ1n) is 11.5. The summed E-state index contributed by atoms with van der Waals surface area (Å²) in [6.07, 6.45) is 0.763. The molecule has 0 radical (unpaired) electrons. The van der Waals surface area contributed by atoms with E-state index < -0.39 is 18.0 Å². The third-order valence-corrected chi connectivity index (χ3v) is 5.40. The molecule has 34 heavy (non-hydrogen) atoms. The lowest BCUT2D eigenvalue weighted by Gasteiger charge is -2.24. The van der Waals surface area contributed by atoms with Crippen LogP contribution >= 0.6 is 0 Å². The largest absolute Gasteiger partial charge is 0.343 e. The van der Waals surface area contributed by atoms with E-state index >= 15 is 0 Å². The second-order valence-electron chi connectivity index (χ2n) is 8.21. The molecule has 0 bridgehead atoms. The topological polar surface area (TPSA) is 157 Å². The molecule has 9 nitrogen and oxygen atoms in total. The summed E-state index contributed by atoms with van der Waals surface area (Å²) < 4.78 is 0. The van der Waals surface area contributed by atoms with Crippen LogP contribution in [0, 0.1) is 6.92 Å². The van der Waals surface area contributed by atoms with Gasteiger partial charge in [-0.15, -0.1) is 0 Å². The van der Waals surface area contributed by atoms with Crippen LogP contribution in [0.4, 0.5) is 5.69 Å². The zero-order valence-corrected chi connectivity index (χ0v) is 19.7. The summed E-state index contributed by atoms with van der Waals surface area (Å²) in [6.45, 7) is 3.20. The van der Waals surface area contributed by atoms with E-state index in [0.717, 1.165) is 11.1 Å². The minimum Gasteiger partial charge on any atom is -0.343 e. The number of nitrogens with zero attached hydrogens (tertiary/aromatic N) is 1. The van der Waals surface area contributed by atoms with Crippen molar-refractivity contribution in [2.24, 2.45) is 17.2 Å². The van der Waals surface area contributed by atoms with Crippen LogP contribution in [0.1, 0.15) is 24.0 Å².